The normalized spacial score (nSPS) is 11.5. The van der Waals surface area contributed by atoms with Gasteiger partial charge in [-0.3, -0.25) is 5.10 Å². The Balaban J connectivity index is 2.06. The van der Waals surface area contributed by atoms with Crippen LogP contribution in [-0.4, -0.2) is 14.8 Å². The largest absolute Gasteiger partial charge is 0.316 e. The molecule has 0 fully saturated rings. The van der Waals surface area contributed by atoms with Crippen LogP contribution in [-0.2, 0) is 0 Å². The molecular weight excluding hydrogens is 246 g/mol. The molecular formula is C17H15N3. The molecule has 3 heteroatoms. The van der Waals surface area contributed by atoms with Crippen LogP contribution >= 0.6 is 0 Å². The molecule has 0 saturated heterocycles. The van der Waals surface area contributed by atoms with E-state index in [2.05, 4.69) is 71.2 Å². The number of nitrogens with one attached hydrogen (secondary N) is 1. The molecule has 2 aromatic carbocycles. The zero-order valence-corrected chi connectivity index (χ0v) is 11.5. The van der Waals surface area contributed by atoms with Crippen LogP contribution in [0.2, 0.25) is 0 Å². The quantitative estimate of drug-likeness (QED) is 0.549. The fourth-order valence-corrected chi connectivity index (χ4v) is 2.94. The lowest BCUT2D eigenvalue weighted by Crippen LogP contribution is -1.95. The zero-order chi connectivity index (χ0) is 13.7. The Morgan fingerprint density at radius 3 is 2.80 bits per heavy atom. The van der Waals surface area contributed by atoms with E-state index in [0.717, 1.165) is 5.52 Å². The Labute approximate surface area is 116 Å². The summed E-state index contributed by atoms with van der Waals surface area (Å²) < 4.78 is 2.25. The second-order valence-electron chi connectivity index (χ2n) is 5.23. The third-order valence-electron chi connectivity index (χ3n) is 4.08. The first-order valence-corrected chi connectivity index (χ1v) is 6.75. The van der Waals surface area contributed by atoms with Gasteiger partial charge in [0.25, 0.3) is 0 Å². The molecule has 0 unspecified atom stereocenters. The maximum atomic E-state index is 4.13. The van der Waals surface area contributed by atoms with Gasteiger partial charge in [0.2, 0.25) is 0 Å². The number of aromatic amines is 1. The molecule has 2 aromatic heterocycles. The average Bonchev–Trinajstić information content (AvgIpc) is 3.06. The van der Waals surface area contributed by atoms with Gasteiger partial charge in [-0.2, -0.15) is 5.10 Å². The summed E-state index contributed by atoms with van der Waals surface area (Å²) in [4.78, 5) is 0. The van der Waals surface area contributed by atoms with Crippen LogP contribution in [0.25, 0.3) is 27.5 Å². The fourth-order valence-electron chi connectivity index (χ4n) is 2.94. The molecule has 0 aliphatic carbocycles. The van der Waals surface area contributed by atoms with E-state index in [9.17, 15) is 0 Å². The van der Waals surface area contributed by atoms with Crippen LogP contribution in [0.3, 0.4) is 0 Å². The highest BCUT2D eigenvalue weighted by Crippen LogP contribution is 2.28. The van der Waals surface area contributed by atoms with E-state index < -0.39 is 0 Å². The molecule has 0 radical (unpaired) electrons. The summed E-state index contributed by atoms with van der Waals surface area (Å²) in [7, 11) is 0. The van der Waals surface area contributed by atoms with E-state index in [1.165, 1.54) is 33.1 Å². The van der Waals surface area contributed by atoms with Gasteiger partial charge in [-0.15, -0.1) is 0 Å². The number of nitrogens with zero attached hydrogens (tertiary/aromatic N) is 2. The van der Waals surface area contributed by atoms with Crippen molar-refractivity contribution >= 4 is 21.8 Å². The Morgan fingerprint density at radius 1 is 1.00 bits per heavy atom. The summed E-state index contributed by atoms with van der Waals surface area (Å²) in [6, 6.07) is 12.9. The highest BCUT2D eigenvalue weighted by Gasteiger charge is 2.09. The van der Waals surface area contributed by atoms with Crippen molar-refractivity contribution in [3.05, 3.63) is 59.9 Å². The number of fused-ring (bicyclic) bond motifs is 2. The molecule has 1 N–H and O–H groups in total. The molecule has 4 aromatic rings. The summed E-state index contributed by atoms with van der Waals surface area (Å²) in [5, 5.41) is 9.63. The Morgan fingerprint density at radius 2 is 1.90 bits per heavy atom. The molecule has 3 nitrogen and oxygen atoms in total. The maximum Gasteiger partial charge on any atom is 0.0654 e. The smallest absolute Gasteiger partial charge is 0.0654 e. The number of rotatable bonds is 1. The number of aromatic nitrogens is 3. The van der Waals surface area contributed by atoms with Crippen molar-refractivity contribution in [2.45, 2.75) is 13.8 Å². The van der Waals surface area contributed by atoms with Crippen molar-refractivity contribution in [3.63, 3.8) is 0 Å². The second-order valence-corrected chi connectivity index (χ2v) is 5.23. The van der Waals surface area contributed by atoms with Crippen LogP contribution in [0.4, 0.5) is 0 Å². The topological polar surface area (TPSA) is 33.6 Å². The van der Waals surface area contributed by atoms with E-state index in [0.29, 0.717) is 0 Å². The molecule has 2 heterocycles. The first kappa shape index (κ1) is 11.3. The van der Waals surface area contributed by atoms with Crippen LogP contribution in [0.1, 0.15) is 11.1 Å². The second kappa shape index (κ2) is 3.97. The highest BCUT2D eigenvalue weighted by molar-refractivity contribution is 5.88. The Kier molecular flexibility index (Phi) is 2.24. The van der Waals surface area contributed by atoms with Crippen molar-refractivity contribution in [1.82, 2.24) is 14.8 Å². The van der Waals surface area contributed by atoms with Gasteiger partial charge in [0, 0.05) is 22.7 Å². The van der Waals surface area contributed by atoms with E-state index >= 15 is 0 Å². The van der Waals surface area contributed by atoms with Crippen molar-refractivity contribution in [2.24, 2.45) is 0 Å². The van der Waals surface area contributed by atoms with E-state index in [-0.39, 0.29) is 0 Å². The lowest BCUT2D eigenvalue weighted by Gasteiger charge is -2.10. The minimum absolute atomic E-state index is 1.08. The van der Waals surface area contributed by atoms with Crippen molar-refractivity contribution in [3.8, 4) is 5.69 Å². The molecule has 20 heavy (non-hydrogen) atoms. The summed E-state index contributed by atoms with van der Waals surface area (Å²) in [5.41, 5.74) is 6.09. The van der Waals surface area contributed by atoms with Gasteiger partial charge in [-0.05, 0) is 49.2 Å². The van der Waals surface area contributed by atoms with E-state index in [1.807, 2.05) is 6.20 Å². The lowest BCUT2D eigenvalue weighted by atomic mass is 10.1. The summed E-state index contributed by atoms with van der Waals surface area (Å²) in [6.07, 6.45) is 4.04. The molecule has 0 spiro atoms. The van der Waals surface area contributed by atoms with Gasteiger partial charge in [-0.25, -0.2) is 0 Å². The van der Waals surface area contributed by atoms with Crippen molar-refractivity contribution in [1.29, 1.82) is 0 Å². The van der Waals surface area contributed by atoms with Gasteiger partial charge in [0.1, 0.15) is 0 Å². The number of hydrogen-bond acceptors (Lipinski definition) is 1. The van der Waals surface area contributed by atoms with E-state index in [1.54, 1.807) is 0 Å². The third kappa shape index (κ3) is 1.43. The molecule has 4 rings (SSSR count). The number of aryl methyl sites for hydroxylation is 2. The Hall–Kier alpha value is -2.55. The molecule has 0 atom stereocenters. The van der Waals surface area contributed by atoms with E-state index in [4.69, 9.17) is 0 Å². The minimum atomic E-state index is 1.08. The summed E-state index contributed by atoms with van der Waals surface area (Å²) in [6.45, 7) is 4.30. The molecule has 98 valence electrons. The summed E-state index contributed by atoms with van der Waals surface area (Å²) in [5.74, 6) is 0. The standard InChI is InChI=1S/C17H15N3/c1-11-4-3-5-17-13(11)8-9-20(17)16-7-6-15-14(12(16)2)10-18-19-15/h3-10H,1-2H3,(H,18,19). The molecule has 0 bridgehead atoms. The molecule has 0 saturated carbocycles. The Bertz CT molecular complexity index is 928. The van der Waals surface area contributed by atoms with Gasteiger partial charge in [0.05, 0.1) is 17.2 Å². The van der Waals surface area contributed by atoms with Crippen LogP contribution in [0, 0.1) is 13.8 Å². The third-order valence-corrected chi connectivity index (χ3v) is 4.08. The van der Waals surface area contributed by atoms with Gasteiger partial charge >= 0.3 is 0 Å². The first-order chi connectivity index (χ1) is 9.75. The number of hydrogen-bond donors (Lipinski definition) is 1. The number of benzene rings is 2. The maximum absolute atomic E-state index is 4.13. The van der Waals surface area contributed by atoms with Gasteiger partial charge in [-0.1, -0.05) is 12.1 Å². The SMILES string of the molecule is Cc1c(-n2ccc3c(C)cccc32)ccc2[nH]ncc12. The fraction of sp³-hybridized carbons (Fsp3) is 0.118. The predicted molar refractivity (Wildman–Crippen MR) is 82.4 cm³/mol. The average molecular weight is 261 g/mol. The van der Waals surface area contributed by atoms with Gasteiger partial charge < -0.3 is 4.57 Å². The monoisotopic (exact) mass is 261 g/mol. The van der Waals surface area contributed by atoms with Crippen molar-refractivity contribution in [2.75, 3.05) is 0 Å². The number of H-pyrrole nitrogens is 1. The van der Waals surface area contributed by atoms with Crippen LogP contribution in [0.15, 0.2) is 48.8 Å². The summed E-state index contributed by atoms with van der Waals surface area (Å²) >= 11 is 0. The molecule has 0 aliphatic heterocycles. The predicted octanol–water partition coefficient (Wildman–Crippen LogP) is 4.12. The zero-order valence-electron chi connectivity index (χ0n) is 11.5. The van der Waals surface area contributed by atoms with Crippen molar-refractivity contribution < 1.29 is 0 Å². The van der Waals surface area contributed by atoms with Gasteiger partial charge in [0.15, 0.2) is 0 Å². The molecule has 0 aliphatic rings. The first-order valence-electron chi connectivity index (χ1n) is 6.75. The minimum Gasteiger partial charge on any atom is -0.316 e. The lowest BCUT2D eigenvalue weighted by molar-refractivity contribution is 1.11. The van der Waals surface area contributed by atoms with Crippen LogP contribution < -0.4 is 0 Å². The molecule has 0 amide bonds. The van der Waals surface area contributed by atoms with Crippen LogP contribution in [0.5, 0.6) is 0 Å². The highest BCUT2D eigenvalue weighted by atomic mass is 15.1.